The fraction of sp³-hybridized carbons (Fsp3) is 0. The minimum absolute atomic E-state index is 0.582. The summed E-state index contributed by atoms with van der Waals surface area (Å²) in [6.45, 7) is 0. The summed E-state index contributed by atoms with van der Waals surface area (Å²) in [7, 11) is 0. The van der Waals surface area contributed by atoms with Crippen molar-refractivity contribution >= 4 is 40.0 Å². The molecule has 4 heteroatoms. The molecule has 0 saturated heterocycles. The van der Waals surface area contributed by atoms with E-state index in [4.69, 9.17) is 0 Å². The van der Waals surface area contributed by atoms with Crippen LogP contribution in [-0.2, 0) is 0 Å². The lowest BCUT2D eigenvalue weighted by atomic mass is 10.3. The third kappa shape index (κ3) is 2.10. The van der Waals surface area contributed by atoms with E-state index in [0.29, 0.717) is 5.69 Å². The summed E-state index contributed by atoms with van der Waals surface area (Å²) < 4.78 is 1.18. The topological polar surface area (TPSA) is 45.8 Å². The van der Waals surface area contributed by atoms with E-state index in [0.717, 1.165) is 22.5 Å². The van der Waals surface area contributed by atoms with Crippen molar-refractivity contribution in [3.05, 3.63) is 52.8 Å². The Bertz CT molecular complexity index is 691. The zero-order chi connectivity index (χ0) is 12.4. The molecule has 3 rings (SSSR count). The Hall–Kier alpha value is -2.20. The first-order valence-electron chi connectivity index (χ1n) is 5.53. The highest BCUT2D eigenvalue weighted by atomic mass is 32.1. The number of rotatable bonds is 3. The summed E-state index contributed by atoms with van der Waals surface area (Å²) in [5.41, 5.74) is 2.50. The van der Waals surface area contributed by atoms with Gasteiger partial charge in [-0.25, -0.2) is 4.98 Å². The number of benzene rings is 1. The Balaban J connectivity index is 1.89. The zero-order valence-corrected chi connectivity index (χ0v) is 10.3. The van der Waals surface area contributed by atoms with Crippen molar-refractivity contribution in [1.82, 2.24) is 9.97 Å². The predicted molar refractivity (Wildman–Crippen MR) is 74.7 cm³/mol. The van der Waals surface area contributed by atoms with Crippen LogP contribution in [-0.4, -0.2) is 16.3 Å². The molecule has 0 aliphatic carbocycles. The van der Waals surface area contributed by atoms with E-state index in [1.807, 2.05) is 36.4 Å². The van der Waals surface area contributed by atoms with Gasteiger partial charge >= 0.3 is 0 Å². The molecule has 3 aromatic rings. The number of carbonyl (C=O) groups excluding carboxylic acids is 1. The molecule has 1 N–H and O–H groups in total. The third-order valence-corrected chi connectivity index (χ3v) is 3.58. The summed E-state index contributed by atoms with van der Waals surface area (Å²) in [4.78, 5) is 18.0. The summed E-state index contributed by atoms with van der Waals surface area (Å²) in [6.07, 6.45) is 4.67. The second-order valence-corrected chi connectivity index (χ2v) is 4.90. The van der Waals surface area contributed by atoms with Crippen molar-refractivity contribution in [3.8, 4) is 0 Å². The maximum absolute atomic E-state index is 10.5. The molecule has 88 valence electrons. The molecule has 0 amide bonds. The number of H-pyrrole nitrogens is 1. The molecule has 2 heterocycles. The fourth-order valence-electron chi connectivity index (χ4n) is 1.72. The molecular weight excluding hydrogens is 244 g/mol. The first-order chi connectivity index (χ1) is 8.85. The number of nitrogens with one attached hydrogen (secondary N) is 1. The SMILES string of the molecule is O=Cc1ccc(/C=C\c2nc3ccccc3s2)[nH]1. The number of aromatic amines is 1. The highest BCUT2D eigenvalue weighted by Gasteiger charge is 1.99. The summed E-state index contributed by atoms with van der Waals surface area (Å²) in [6, 6.07) is 11.7. The molecule has 0 saturated carbocycles. The number of nitrogens with zero attached hydrogens (tertiary/aromatic N) is 1. The largest absolute Gasteiger partial charge is 0.353 e. The third-order valence-electron chi connectivity index (χ3n) is 2.57. The second-order valence-electron chi connectivity index (χ2n) is 3.84. The zero-order valence-electron chi connectivity index (χ0n) is 9.46. The van der Waals surface area contributed by atoms with Crippen molar-refractivity contribution in [2.24, 2.45) is 0 Å². The molecule has 0 aliphatic rings. The van der Waals surface area contributed by atoms with Crippen LogP contribution in [0.15, 0.2) is 36.4 Å². The number of hydrogen-bond donors (Lipinski definition) is 1. The molecule has 1 aromatic carbocycles. The van der Waals surface area contributed by atoms with Crippen LogP contribution in [0.3, 0.4) is 0 Å². The number of hydrogen-bond acceptors (Lipinski definition) is 3. The van der Waals surface area contributed by atoms with Gasteiger partial charge in [0.2, 0.25) is 0 Å². The molecule has 0 atom stereocenters. The Morgan fingerprint density at radius 2 is 1.89 bits per heavy atom. The van der Waals surface area contributed by atoms with Gasteiger partial charge in [-0.15, -0.1) is 11.3 Å². The summed E-state index contributed by atoms with van der Waals surface area (Å²) >= 11 is 1.65. The number of fused-ring (bicyclic) bond motifs is 1. The first kappa shape index (κ1) is 10.9. The molecule has 0 aliphatic heterocycles. The number of thiazole rings is 1. The van der Waals surface area contributed by atoms with Crippen molar-refractivity contribution in [3.63, 3.8) is 0 Å². The van der Waals surface area contributed by atoms with Gasteiger partial charge in [0.1, 0.15) is 5.01 Å². The van der Waals surface area contributed by atoms with Gasteiger partial charge in [-0.05, 0) is 36.4 Å². The van der Waals surface area contributed by atoms with Gasteiger partial charge < -0.3 is 4.98 Å². The number of aromatic nitrogens is 2. The highest BCUT2D eigenvalue weighted by Crippen LogP contribution is 2.22. The van der Waals surface area contributed by atoms with Gasteiger partial charge in [0, 0.05) is 5.69 Å². The van der Waals surface area contributed by atoms with Gasteiger partial charge in [0.05, 0.1) is 15.9 Å². The van der Waals surface area contributed by atoms with Gasteiger partial charge in [0.15, 0.2) is 6.29 Å². The van der Waals surface area contributed by atoms with Crippen LogP contribution in [0.1, 0.15) is 21.2 Å². The van der Waals surface area contributed by atoms with Gasteiger partial charge in [0.25, 0.3) is 0 Å². The Kier molecular flexibility index (Phi) is 2.78. The van der Waals surface area contributed by atoms with E-state index < -0.39 is 0 Å². The van der Waals surface area contributed by atoms with Gasteiger partial charge in [-0.1, -0.05) is 12.1 Å². The van der Waals surface area contributed by atoms with Gasteiger partial charge in [-0.3, -0.25) is 4.79 Å². The average Bonchev–Trinajstić information content (AvgIpc) is 3.02. The lowest BCUT2D eigenvalue weighted by Crippen LogP contribution is -1.77. The van der Waals surface area contributed by atoms with Crippen LogP contribution in [0, 0.1) is 0 Å². The van der Waals surface area contributed by atoms with Crippen molar-refractivity contribution < 1.29 is 4.79 Å². The summed E-state index contributed by atoms with van der Waals surface area (Å²) in [5.74, 6) is 0. The van der Waals surface area contributed by atoms with E-state index in [9.17, 15) is 4.79 Å². The van der Waals surface area contributed by atoms with Crippen molar-refractivity contribution in [2.75, 3.05) is 0 Å². The Morgan fingerprint density at radius 3 is 2.67 bits per heavy atom. The first-order valence-corrected chi connectivity index (χ1v) is 6.35. The van der Waals surface area contributed by atoms with E-state index in [-0.39, 0.29) is 0 Å². The Morgan fingerprint density at radius 1 is 1.06 bits per heavy atom. The van der Waals surface area contributed by atoms with Gasteiger partial charge in [-0.2, -0.15) is 0 Å². The van der Waals surface area contributed by atoms with Crippen molar-refractivity contribution in [2.45, 2.75) is 0 Å². The number of aldehydes is 1. The summed E-state index contributed by atoms with van der Waals surface area (Å²) in [5, 5.41) is 0.957. The standard InChI is InChI=1S/C14H10N2OS/c17-9-11-6-5-10(15-11)7-8-14-16-12-3-1-2-4-13(12)18-14/h1-9,15H/b8-7-. The van der Waals surface area contributed by atoms with Crippen molar-refractivity contribution in [1.29, 1.82) is 0 Å². The molecular formula is C14H10N2OS. The van der Waals surface area contributed by atoms with E-state index >= 15 is 0 Å². The Labute approximate surface area is 108 Å². The molecule has 2 aromatic heterocycles. The average molecular weight is 254 g/mol. The molecule has 0 radical (unpaired) electrons. The minimum atomic E-state index is 0.582. The number of carbonyl (C=O) groups is 1. The van der Waals surface area contributed by atoms with Crippen LogP contribution >= 0.6 is 11.3 Å². The predicted octanol–water partition coefficient (Wildman–Crippen LogP) is 3.61. The smallest absolute Gasteiger partial charge is 0.166 e. The minimum Gasteiger partial charge on any atom is -0.353 e. The molecule has 0 bridgehead atoms. The fourth-order valence-corrected chi connectivity index (χ4v) is 2.59. The lowest BCUT2D eigenvalue weighted by Gasteiger charge is -1.84. The van der Waals surface area contributed by atoms with Crippen LogP contribution in [0.5, 0.6) is 0 Å². The van der Waals surface area contributed by atoms with Crippen LogP contribution in [0.2, 0.25) is 0 Å². The highest BCUT2D eigenvalue weighted by molar-refractivity contribution is 7.19. The van der Waals surface area contributed by atoms with E-state index in [2.05, 4.69) is 16.0 Å². The van der Waals surface area contributed by atoms with E-state index in [1.165, 1.54) is 4.70 Å². The van der Waals surface area contributed by atoms with E-state index in [1.54, 1.807) is 17.4 Å². The molecule has 0 unspecified atom stereocenters. The molecule has 3 nitrogen and oxygen atoms in total. The van der Waals surface area contributed by atoms with Crippen LogP contribution in [0.25, 0.3) is 22.4 Å². The quantitative estimate of drug-likeness (QED) is 0.726. The maximum Gasteiger partial charge on any atom is 0.166 e. The maximum atomic E-state index is 10.5. The molecule has 0 fully saturated rings. The lowest BCUT2D eigenvalue weighted by molar-refractivity contribution is 0.111. The monoisotopic (exact) mass is 254 g/mol. The normalized spacial score (nSPS) is 11.3. The molecule has 18 heavy (non-hydrogen) atoms. The number of para-hydroxylation sites is 1. The second kappa shape index (κ2) is 4.58. The van der Waals surface area contributed by atoms with Crippen LogP contribution < -0.4 is 0 Å². The van der Waals surface area contributed by atoms with Crippen LogP contribution in [0.4, 0.5) is 0 Å². The molecule has 0 spiro atoms.